The fourth-order valence-corrected chi connectivity index (χ4v) is 1.42. The summed E-state index contributed by atoms with van der Waals surface area (Å²) in [5, 5.41) is 0.0744. The Bertz CT molecular complexity index is 304. The highest BCUT2D eigenvalue weighted by Gasteiger charge is 2.15. The molecule has 1 aromatic heterocycles. The van der Waals surface area contributed by atoms with Crippen LogP contribution in [0.1, 0.15) is 17.7 Å². The summed E-state index contributed by atoms with van der Waals surface area (Å²) in [4.78, 5) is 3.80. The quantitative estimate of drug-likeness (QED) is 0.698. The van der Waals surface area contributed by atoms with E-state index in [0.717, 1.165) is 0 Å². The molecule has 0 aliphatic rings. The van der Waals surface area contributed by atoms with E-state index in [-0.39, 0.29) is 15.2 Å². The zero-order valence-corrected chi connectivity index (χ0v) is 8.46. The molecule has 1 nitrogen and oxygen atoms in total. The lowest BCUT2D eigenvalue weighted by Crippen LogP contribution is -1.92. The molecule has 0 aliphatic heterocycles. The number of hydrogen-bond acceptors (Lipinski definition) is 1. The lowest BCUT2D eigenvalue weighted by Gasteiger charge is -2.05. The molecule has 0 fully saturated rings. The molecule has 0 unspecified atom stereocenters. The molecule has 1 aromatic rings. The summed E-state index contributed by atoms with van der Waals surface area (Å²) in [7, 11) is 0. The lowest BCUT2D eigenvalue weighted by molar-refractivity contribution is 0.150. The number of alkyl halides is 2. The van der Waals surface area contributed by atoms with Crippen molar-refractivity contribution >= 4 is 27.5 Å². The second-order valence-corrected chi connectivity index (χ2v) is 3.41. The monoisotopic (exact) mass is 255 g/mol. The average molecular weight is 256 g/mol. The van der Waals surface area contributed by atoms with E-state index in [9.17, 15) is 8.78 Å². The fourth-order valence-electron chi connectivity index (χ4n) is 0.802. The molecule has 0 aliphatic carbocycles. The third-order valence-corrected chi connectivity index (χ3v) is 2.64. The first-order valence-corrected chi connectivity index (χ1v) is 4.30. The smallest absolute Gasteiger partial charge is 0.240 e. The Labute approximate surface area is 81.9 Å². The van der Waals surface area contributed by atoms with Crippen LogP contribution in [-0.2, 0) is 0 Å². The zero-order chi connectivity index (χ0) is 9.30. The van der Waals surface area contributed by atoms with Crippen molar-refractivity contribution in [2.24, 2.45) is 0 Å². The molecule has 0 bridgehead atoms. The second-order valence-electron chi connectivity index (χ2n) is 2.26. The van der Waals surface area contributed by atoms with Crippen molar-refractivity contribution in [1.29, 1.82) is 0 Å². The Balaban J connectivity index is 3.28. The number of rotatable bonds is 1. The molecule has 0 atom stereocenters. The molecule has 0 N–H and O–H groups in total. The summed E-state index contributed by atoms with van der Waals surface area (Å²) < 4.78 is 24.7. The summed E-state index contributed by atoms with van der Waals surface area (Å²) >= 11 is 8.51. The Morgan fingerprint density at radius 3 is 2.67 bits per heavy atom. The fraction of sp³-hybridized carbons (Fsp3) is 0.286. The molecule has 12 heavy (non-hydrogen) atoms. The lowest BCUT2D eigenvalue weighted by atomic mass is 10.2. The number of pyridine rings is 1. The Morgan fingerprint density at radius 1 is 1.58 bits per heavy atom. The zero-order valence-electron chi connectivity index (χ0n) is 6.11. The molecule has 0 saturated heterocycles. The van der Waals surface area contributed by atoms with Gasteiger partial charge in [0.15, 0.2) is 0 Å². The van der Waals surface area contributed by atoms with Crippen LogP contribution < -0.4 is 0 Å². The molecule has 66 valence electrons. The van der Waals surface area contributed by atoms with Crippen LogP contribution in [-0.4, -0.2) is 4.98 Å². The first-order valence-electron chi connectivity index (χ1n) is 3.13. The van der Waals surface area contributed by atoms with Gasteiger partial charge in [0, 0.05) is 11.3 Å². The summed E-state index contributed by atoms with van der Waals surface area (Å²) in [6.07, 6.45) is -2.53. The molecule has 1 rings (SSSR count). The topological polar surface area (TPSA) is 12.9 Å². The first kappa shape index (κ1) is 9.86. The molecule has 5 heteroatoms. The van der Waals surface area contributed by atoms with E-state index < -0.39 is 6.43 Å². The Kier molecular flexibility index (Phi) is 3.01. The number of aryl methyl sites for hydroxylation is 1. The van der Waals surface area contributed by atoms with Crippen molar-refractivity contribution in [3.05, 3.63) is 26.9 Å². The summed E-state index contributed by atoms with van der Waals surface area (Å²) in [6, 6.07) is 1.31. The van der Waals surface area contributed by atoms with Crippen LogP contribution in [0, 0.1) is 6.92 Å². The normalized spacial score (nSPS) is 10.8. The van der Waals surface area contributed by atoms with Gasteiger partial charge in [-0.2, -0.15) is 0 Å². The van der Waals surface area contributed by atoms with Crippen LogP contribution in [0.3, 0.4) is 0 Å². The Morgan fingerprint density at radius 2 is 2.17 bits per heavy atom. The maximum atomic E-state index is 12.3. The molecule has 0 aromatic carbocycles. The summed E-state index contributed by atoms with van der Waals surface area (Å²) in [5.74, 6) is 0. The molecule has 0 amide bonds. The van der Waals surface area contributed by atoms with E-state index >= 15 is 0 Å². The van der Waals surface area contributed by atoms with Gasteiger partial charge >= 0.3 is 0 Å². The largest absolute Gasteiger partial charge is 0.265 e. The van der Waals surface area contributed by atoms with Gasteiger partial charge in [-0.3, -0.25) is 0 Å². The van der Waals surface area contributed by atoms with Crippen LogP contribution in [0.25, 0.3) is 0 Å². The van der Waals surface area contributed by atoms with Crippen LogP contribution in [0.4, 0.5) is 8.78 Å². The van der Waals surface area contributed by atoms with Crippen molar-refractivity contribution < 1.29 is 8.78 Å². The number of halogens is 4. The van der Waals surface area contributed by atoms with Crippen molar-refractivity contribution in [2.45, 2.75) is 13.3 Å². The molecule has 0 saturated carbocycles. The van der Waals surface area contributed by atoms with E-state index in [4.69, 9.17) is 11.6 Å². The highest BCUT2D eigenvalue weighted by atomic mass is 79.9. The van der Waals surface area contributed by atoms with E-state index in [0.29, 0.717) is 5.69 Å². The summed E-state index contributed by atoms with van der Waals surface area (Å²) in [5.41, 5.74) is 0.367. The van der Waals surface area contributed by atoms with Gasteiger partial charge in [0.25, 0.3) is 6.43 Å². The molecular weight excluding hydrogens is 251 g/mol. The highest BCUT2D eigenvalue weighted by Crippen LogP contribution is 2.32. The van der Waals surface area contributed by atoms with Crippen LogP contribution in [0.5, 0.6) is 0 Å². The highest BCUT2D eigenvalue weighted by molar-refractivity contribution is 9.10. The molecule has 1 heterocycles. The van der Waals surface area contributed by atoms with Gasteiger partial charge in [-0.1, -0.05) is 11.6 Å². The van der Waals surface area contributed by atoms with E-state index in [1.165, 1.54) is 6.07 Å². The van der Waals surface area contributed by atoms with Crippen LogP contribution in [0.15, 0.2) is 10.5 Å². The average Bonchev–Trinajstić information content (AvgIpc) is 1.96. The minimum atomic E-state index is -2.53. The van der Waals surface area contributed by atoms with E-state index in [2.05, 4.69) is 20.9 Å². The predicted octanol–water partition coefficient (Wildman–Crippen LogP) is 3.74. The second kappa shape index (κ2) is 3.66. The maximum Gasteiger partial charge on any atom is 0.265 e. The third-order valence-electron chi connectivity index (χ3n) is 1.31. The van der Waals surface area contributed by atoms with Crippen molar-refractivity contribution in [1.82, 2.24) is 4.98 Å². The van der Waals surface area contributed by atoms with Gasteiger partial charge in [-0.25, -0.2) is 13.8 Å². The molecule has 0 spiro atoms. The number of nitrogens with zero attached hydrogens (tertiary/aromatic N) is 1. The predicted molar refractivity (Wildman–Crippen MR) is 46.6 cm³/mol. The Hall–Kier alpha value is -0.220. The van der Waals surface area contributed by atoms with Crippen molar-refractivity contribution in [2.75, 3.05) is 0 Å². The van der Waals surface area contributed by atoms with Crippen LogP contribution in [0.2, 0.25) is 5.15 Å². The van der Waals surface area contributed by atoms with Gasteiger partial charge in [0.05, 0.1) is 4.47 Å². The molecular formula is C7H5BrClF2N. The summed E-state index contributed by atoms with van der Waals surface area (Å²) in [6.45, 7) is 1.62. The maximum absolute atomic E-state index is 12.3. The standard InChI is InChI=1S/C7H5BrClF2N/c1-3-2-4(7(10)11)5(8)6(9)12-3/h2,7H,1H3. The molecule has 0 radical (unpaired) electrons. The third kappa shape index (κ3) is 1.93. The SMILES string of the molecule is Cc1cc(C(F)F)c(Br)c(Cl)n1. The number of aromatic nitrogens is 1. The minimum absolute atomic E-state index is 0.0744. The van der Waals surface area contributed by atoms with Gasteiger partial charge in [0.2, 0.25) is 0 Å². The van der Waals surface area contributed by atoms with Crippen LogP contribution >= 0.6 is 27.5 Å². The minimum Gasteiger partial charge on any atom is -0.240 e. The van der Waals surface area contributed by atoms with Crippen molar-refractivity contribution in [3.63, 3.8) is 0 Å². The van der Waals surface area contributed by atoms with E-state index in [1.54, 1.807) is 6.92 Å². The van der Waals surface area contributed by atoms with Crippen molar-refractivity contribution in [3.8, 4) is 0 Å². The van der Waals surface area contributed by atoms with Gasteiger partial charge in [-0.15, -0.1) is 0 Å². The first-order chi connectivity index (χ1) is 5.52. The van der Waals surface area contributed by atoms with Gasteiger partial charge in [0.1, 0.15) is 5.15 Å². The van der Waals surface area contributed by atoms with E-state index in [1.807, 2.05) is 0 Å². The van der Waals surface area contributed by atoms with Gasteiger partial charge in [-0.05, 0) is 28.9 Å². The van der Waals surface area contributed by atoms with Gasteiger partial charge < -0.3 is 0 Å². The number of hydrogen-bond donors (Lipinski definition) is 0.